The van der Waals surface area contributed by atoms with Crippen molar-refractivity contribution in [3.05, 3.63) is 87.6 Å². The molecule has 0 radical (unpaired) electrons. The summed E-state index contributed by atoms with van der Waals surface area (Å²) in [6.07, 6.45) is 2.34. The van der Waals surface area contributed by atoms with Crippen LogP contribution in [0.2, 0.25) is 0 Å². The minimum Gasteiger partial charge on any atom is -0.371 e. The largest absolute Gasteiger partial charge is 0.371 e. The van der Waals surface area contributed by atoms with Crippen LogP contribution in [0.15, 0.2) is 65.4 Å². The van der Waals surface area contributed by atoms with Gasteiger partial charge in [0.1, 0.15) is 0 Å². The molecule has 0 saturated carbocycles. The zero-order valence-corrected chi connectivity index (χ0v) is 23.7. The summed E-state index contributed by atoms with van der Waals surface area (Å²) in [4.78, 5) is 45.4. The summed E-state index contributed by atoms with van der Waals surface area (Å²) in [5.41, 5.74) is 10.8. The minimum absolute atomic E-state index is 0.0435. The van der Waals surface area contributed by atoms with Crippen LogP contribution >= 0.6 is 11.3 Å². The van der Waals surface area contributed by atoms with Gasteiger partial charge in [-0.1, -0.05) is 36.4 Å². The quantitative estimate of drug-likeness (QED) is 0.424. The molecule has 0 bridgehead atoms. The number of carbonyl (C=O) groups is 3. The Bertz CT molecular complexity index is 1390. The average Bonchev–Trinajstić information content (AvgIpc) is 3.75. The van der Waals surface area contributed by atoms with Crippen LogP contribution in [0.3, 0.4) is 0 Å². The molecule has 40 heavy (non-hydrogen) atoms. The number of imide groups is 1. The number of nitrogens with one attached hydrogen (secondary N) is 2. The van der Waals surface area contributed by atoms with Gasteiger partial charge in [0.2, 0.25) is 5.91 Å². The van der Waals surface area contributed by atoms with Crippen LogP contribution in [0.25, 0.3) is 0 Å². The maximum absolute atomic E-state index is 13.5. The van der Waals surface area contributed by atoms with E-state index in [2.05, 4.69) is 34.8 Å². The van der Waals surface area contributed by atoms with Crippen molar-refractivity contribution in [3.63, 3.8) is 0 Å². The summed E-state index contributed by atoms with van der Waals surface area (Å²) in [7, 11) is 1.91. The number of rotatable bonds is 7. The number of piperidine rings is 1. The summed E-state index contributed by atoms with van der Waals surface area (Å²) in [6, 6.07) is 18.3. The molecule has 9 heteroatoms. The maximum Gasteiger partial charge on any atom is 0.263 e. The number of fused-ring (bicyclic) bond motifs is 1. The Morgan fingerprint density at radius 2 is 1.80 bits per heavy atom. The SMILES string of the molecule is CC(C1CC(c2ccccc2)NN1)N(C)C(=O)C1CCN(c2cccc3c2C(=O)N(Cc2ccsc2)C3=O)CC1. The Kier molecular flexibility index (Phi) is 7.44. The molecule has 6 rings (SSSR count). The third kappa shape index (κ3) is 4.93. The molecule has 4 heterocycles. The number of amides is 3. The van der Waals surface area contributed by atoms with Gasteiger partial charge in [0.05, 0.1) is 23.4 Å². The molecule has 2 fully saturated rings. The number of nitrogens with zero attached hydrogens (tertiary/aromatic N) is 3. The number of thiophene rings is 1. The van der Waals surface area contributed by atoms with E-state index in [0.717, 1.165) is 17.7 Å². The van der Waals surface area contributed by atoms with Crippen molar-refractivity contribution in [2.45, 2.75) is 50.9 Å². The zero-order chi connectivity index (χ0) is 27.8. The lowest BCUT2D eigenvalue weighted by molar-refractivity contribution is -0.137. The van der Waals surface area contributed by atoms with Crippen molar-refractivity contribution in [1.29, 1.82) is 0 Å². The molecular formula is C31H35N5O3S. The number of hydrogen-bond acceptors (Lipinski definition) is 7. The van der Waals surface area contributed by atoms with E-state index in [1.807, 2.05) is 59.1 Å². The second-order valence-corrected chi connectivity index (χ2v) is 11.9. The normalized spacial score (nSPS) is 22.1. The first-order valence-electron chi connectivity index (χ1n) is 14.0. The first-order chi connectivity index (χ1) is 19.4. The van der Waals surface area contributed by atoms with E-state index >= 15 is 0 Å². The molecule has 3 amide bonds. The molecule has 208 valence electrons. The Morgan fingerprint density at radius 3 is 2.52 bits per heavy atom. The summed E-state index contributed by atoms with van der Waals surface area (Å²) < 4.78 is 0. The van der Waals surface area contributed by atoms with E-state index in [-0.39, 0.29) is 48.3 Å². The summed E-state index contributed by atoms with van der Waals surface area (Å²) in [5, 5.41) is 3.91. The van der Waals surface area contributed by atoms with Crippen LogP contribution in [0.4, 0.5) is 5.69 Å². The van der Waals surface area contributed by atoms with Crippen molar-refractivity contribution < 1.29 is 14.4 Å². The summed E-state index contributed by atoms with van der Waals surface area (Å²) >= 11 is 1.55. The van der Waals surface area contributed by atoms with Crippen LogP contribution in [0.5, 0.6) is 0 Å². The van der Waals surface area contributed by atoms with E-state index < -0.39 is 0 Å². The van der Waals surface area contributed by atoms with Gasteiger partial charge in [-0.05, 0) is 66.3 Å². The van der Waals surface area contributed by atoms with Crippen molar-refractivity contribution in [3.8, 4) is 0 Å². The standard InChI is InChI=1S/C31H35N5O3S/c1-20(25-17-26(33-32-25)22-7-4-3-5-8-22)34(2)29(37)23-11-14-35(15-12-23)27-10-6-9-24-28(27)31(39)36(30(24)38)18-21-13-16-40-19-21/h3-10,13,16,19-20,23,25-26,32-33H,11-12,14-15,17-18H2,1-2H3. The smallest absolute Gasteiger partial charge is 0.263 e. The van der Waals surface area contributed by atoms with Crippen molar-refractivity contribution in [2.75, 3.05) is 25.0 Å². The topological polar surface area (TPSA) is 85.0 Å². The lowest BCUT2D eigenvalue weighted by Crippen LogP contribution is -2.51. The van der Waals surface area contributed by atoms with Gasteiger partial charge < -0.3 is 9.80 Å². The fourth-order valence-corrected chi connectivity index (χ4v) is 6.88. The summed E-state index contributed by atoms with van der Waals surface area (Å²) in [6.45, 7) is 3.73. The molecule has 2 N–H and O–H groups in total. The Balaban J connectivity index is 1.08. The number of likely N-dealkylation sites (N-methyl/N-ethyl adjacent to an activating group) is 1. The first kappa shape index (κ1) is 26.7. The van der Waals surface area contributed by atoms with E-state index in [9.17, 15) is 14.4 Å². The summed E-state index contributed by atoms with van der Waals surface area (Å²) in [5.74, 6) is -0.367. The second-order valence-electron chi connectivity index (χ2n) is 11.1. The zero-order valence-electron chi connectivity index (χ0n) is 22.9. The highest BCUT2D eigenvalue weighted by atomic mass is 32.1. The molecule has 2 aromatic carbocycles. The molecule has 3 unspecified atom stereocenters. The van der Waals surface area contributed by atoms with Crippen LogP contribution < -0.4 is 15.8 Å². The van der Waals surface area contributed by atoms with Gasteiger partial charge in [0.15, 0.2) is 0 Å². The van der Waals surface area contributed by atoms with E-state index in [4.69, 9.17) is 0 Å². The molecular weight excluding hydrogens is 522 g/mol. The molecule has 2 saturated heterocycles. The van der Waals surface area contributed by atoms with Gasteiger partial charge in [0.25, 0.3) is 11.8 Å². The van der Waals surface area contributed by atoms with Crippen molar-refractivity contribution >= 4 is 34.7 Å². The van der Waals surface area contributed by atoms with E-state index in [1.165, 1.54) is 10.5 Å². The van der Waals surface area contributed by atoms with E-state index in [1.54, 1.807) is 17.4 Å². The Hall–Kier alpha value is -3.53. The molecule has 3 aliphatic rings. The van der Waals surface area contributed by atoms with Gasteiger partial charge in [-0.25, -0.2) is 5.43 Å². The molecule has 3 aliphatic heterocycles. The Morgan fingerprint density at radius 1 is 1.02 bits per heavy atom. The molecule has 0 aliphatic carbocycles. The Labute approximate surface area is 238 Å². The predicted octanol–water partition coefficient (Wildman–Crippen LogP) is 4.22. The highest BCUT2D eigenvalue weighted by Crippen LogP contribution is 2.35. The van der Waals surface area contributed by atoms with E-state index in [0.29, 0.717) is 37.1 Å². The lowest BCUT2D eigenvalue weighted by atomic mass is 9.92. The lowest BCUT2D eigenvalue weighted by Gasteiger charge is -2.37. The molecule has 8 nitrogen and oxygen atoms in total. The number of carbonyl (C=O) groups excluding carboxylic acids is 3. The number of hydrazine groups is 1. The molecule has 0 spiro atoms. The third-order valence-corrected chi connectivity index (χ3v) is 9.49. The van der Waals surface area contributed by atoms with Crippen LogP contribution in [-0.4, -0.2) is 59.7 Å². The minimum atomic E-state index is -0.238. The molecule has 1 aromatic heterocycles. The average molecular weight is 558 g/mol. The van der Waals surface area contributed by atoms with Crippen LogP contribution in [-0.2, 0) is 11.3 Å². The third-order valence-electron chi connectivity index (χ3n) is 8.76. The highest BCUT2D eigenvalue weighted by molar-refractivity contribution is 7.07. The van der Waals surface area contributed by atoms with Crippen LogP contribution in [0.1, 0.15) is 64.1 Å². The highest BCUT2D eigenvalue weighted by Gasteiger charge is 2.40. The fraction of sp³-hybridized carbons (Fsp3) is 0.387. The predicted molar refractivity (Wildman–Crippen MR) is 156 cm³/mol. The van der Waals surface area contributed by atoms with Crippen LogP contribution in [0, 0.1) is 5.92 Å². The van der Waals surface area contributed by atoms with Gasteiger partial charge in [-0.3, -0.25) is 24.7 Å². The fourth-order valence-electron chi connectivity index (χ4n) is 6.22. The maximum atomic E-state index is 13.5. The second kappa shape index (κ2) is 11.2. The van der Waals surface area contributed by atoms with Gasteiger partial charge in [-0.15, -0.1) is 0 Å². The monoisotopic (exact) mass is 557 g/mol. The first-order valence-corrected chi connectivity index (χ1v) is 14.9. The molecule has 3 atom stereocenters. The number of anilines is 1. The van der Waals surface area contributed by atoms with Gasteiger partial charge >= 0.3 is 0 Å². The number of hydrogen-bond donors (Lipinski definition) is 2. The van der Waals surface area contributed by atoms with Gasteiger partial charge in [-0.2, -0.15) is 11.3 Å². The molecule has 3 aromatic rings. The van der Waals surface area contributed by atoms with Gasteiger partial charge in [0, 0.05) is 44.2 Å². The van der Waals surface area contributed by atoms with Crippen molar-refractivity contribution in [2.24, 2.45) is 5.92 Å². The number of benzene rings is 2. The van der Waals surface area contributed by atoms with Crippen molar-refractivity contribution in [1.82, 2.24) is 20.7 Å².